The molecule has 2 N–H and O–H groups in total. The molecular formula is C19H26N2O5. The van der Waals surface area contributed by atoms with Crippen LogP contribution in [0.3, 0.4) is 0 Å². The number of hydrogen-bond donors (Lipinski definition) is 2. The second-order valence-corrected chi connectivity index (χ2v) is 6.66. The zero-order valence-corrected chi connectivity index (χ0v) is 15.2. The standard InChI is InChI=1S/C19H26N2O5/c1-21(18(23)14-10-6-7-11-15(14)19(24)25)16(17(22)20-26-2)12-13-8-4-3-5-9-13/h3-5,8-9,14-16H,6-7,10-12H2,1-2H3,(H,20,22)(H,24,25)/t14-,15+,16?/m0/s1. The Balaban J connectivity index is 2.20. The first-order valence-electron chi connectivity index (χ1n) is 8.82. The number of rotatable bonds is 7. The summed E-state index contributed by atoms with van der Waals surface area (Å²) in [6.07, 6.45) is 2.98. The maximum Gasteiger partial charge on any atom is 0.307 e. The number of hydrogen-bond acceptors (Lipinski definition) is 4. The number of carbonyl (C=O) groups is 3. The van der Waals surface area contributed by atoms with E-state index in [1.165, 1.54) is 12.0 Å². The molecule has 1 aliphatic rings. The van der Waals surface area contributed by atoms with Crippen molar-refractivity contribution in [2.45, 2.75) is 38.1 Å². The average Bonchev–Trinajstić information content (AvgIpc) is 2.66. The van der Waals surface area contributed by atoms with Gasteiger partial charge in [-0.1, -0.05) is 43.2 Å². The van der Waals surface area contributed by atoms with Gasteiger partial charge >= 0.3 is 5.97 Å². The van der Waals surface area contributed by atoms with E-state index in [0.717, 1.165) is 18.4 Å². The van der Waals surface area contributed by atoms with Gasteiger partial charge in [-0.3, -0.25) is 19.2 Å². The summed E-state index contributed by atoms with van der Waals surface area (Å²) >= 11 is 0. The SMILES string of the molecule is CONC(=O)C(Cc1ccccc1)N(C)C(=O)[C@H]1CCCC[C@H]1C(=O)O. The van der Waals surface area contributed by atoms with Crippen molar-refractivity contribution in [3.05, 3.63) is 35.9 Å². The van der Waals surface area contributed by atoms with Crippen LogP contribution in [0.4, 0.5) is 0 Å². The zero-order valence-electron chi connectivity index (χ0n) is 15.2. The van der Waals surface area contributed by atoms with E-state index in [-0.39, 0.29) is 5.91 Å². The van der Waals surface area contributed by atoms with Crippen molar-refractivity contribution in [1.82, 2.24) is 10.4 Å². The van der Waals surface area contributed by atoms with Crippen LogP contribution in [0, 0.1) is 11.8 Å². The minimum atomic E-state index is -0.947. The van der Waals surface area contributed by atoms with Crippen LogP contribution in [0.25, 0.3) is 0 Å². The van der Waals surface area contributed by atoms with Gasteiger partial charge < -0.3 is 10.0 Å². The highest BCUT2D eigenvalue weighted by Gasteiger charge is 2.39. The Morgan fingerprint density at radius 3 is 2.38 bits per heavy atom. The number of hydroxylamine groups is 1. The Labute approximate surface area is 153 Å². The number of carboxylic acids is 1. The Morgan fingerprint density at radius 2 is 1.81 bits per heavy atom. The highest BCUT2D eigenvalue weighted by atomic mass is 16.6. The average molecular weight is 362 g/mol. The van der Waals surface area contributed by atoms with Gasteiger partial charge in [-0.15, -0.1) is 0 Å². The second-order valence-electron chi connectivity index (χ2n) is 6.66. The van der Waals surface area contributed by atoms with Crippen molar-refractivity contribution in [3.63, 3.8) is 0 Å². The van der Waals surface area contributed by atoms with Crippen LogP contribution in [0.1, 0.15) is 31.2 Å². The quantitative estimate of drug-likeness (QED) is 0.719. The van der Waals surface area contributed by atoms with Crippen molar-refractivity contribution in [2.75, 3.05) is 14.2 Å². The molecule has 26 heavy (non-hydrogen) atoms. The topological polar surface area (TPSA) is 95.9 Å². The van der Waals surface area contributed by atoms with Gasteiger partial charge in [0.1, 0.15) is 6.04 Å². The van der Waals surface area contributed by atoms with E-state index >= 15 is 0 Å². The lowest BCUT2D eigenvalue weighted by Crippen LogP contribution is -2.52. The predicted octanol–water partition coefficient (Wildman–Crippen LogP) is 1.62. The first-order valence-corrected chi connectivity index (χ1v) is 8.82. The van der Waals surface area contributed by atoms with Crippen molar-refractivity contribution < 1.29 is 24.3 Å². The number of aliphatic carboxylic acids is 1. The molecule has 0 saturated heterocycles. The number of amides is 2. The number of benzene rings is 1. The molecule has 0 heterocycles. The fourth-order valence-electron chi connectivity index (χ4n) is 3.55. The molecule has 7 heteroatoms. The maximum absolute atomic E-state index is 13.0. The van der Waals surface area contributed by atoms with Crippen molar-refractivity contribution in [3.8, 4) is 0 Å². The highest BCUT2D eigenvalue weighted by molar-refractivity contribution is 5.90. The molecule has 2 amide bonds. The maximum atomic E-state index is 13.0. The third kappa shape index (κ3) is 4.82. The van der Waals surface area contributed by atoms with Crippen LogP contribution >= 0.6 is 0 Å². The molecule has 0 aromatic heterocycles. The number of nitrogens with one attached hydrogen (secondary N) is 1. The van der Waals surface area contributed by atoms with Gasteiger partial charge in [0.05, 0.1) is 18.9 Å². The van der Waals surface area contributed by atoms with Gasteiger partial charge in [0.25, 0.3) is 5.91 Å². The Morgan fingerprint density at radius 1 is 1.19 bits per heavy atom. The van der Waals surface area contributed by atoms with Crippen LogP contribution in [0.5, 0.6) is 0 Å². The molecule has 2 rings (SSSR count). The molecule has 1 fully saturated rings. The lowest BCUT2D eigenvalue weighted by molar-refractivity contribution is -0.154. The molecule has 0 aliphatic heterocycles. The zero-order chi connectivity index (χ0) is 19.1. The number of carbonyl (C=O) groups excluding carboxylic acids is 2. The van der Waals surface area contributed by atoms with E-state index < -0.39 is 29.8 Å². The predicted molar refractivity (Wildman–Crippen MR) is 94.9 cm³/mol. The first-order chi connectivity index (χ1) is 12.5. The molecule has 1 saturated carbocycles. The third-order valence-electron chi connectivity index (χ3n) is 4.99. The first kappa shape index (κ1) is 19.9. The van der Waals surface area contributed by atoms with Gasteiger partial charge in [-0.05, 0) is 18.4 Å². The van der Waals surface area contributed by atoms with Gasteiger partial charge in [0.15, 0.2) is 0 Å². The summed E-state index contributed by atoms with van der Waals surface area (Å²) in [5.41, 5.74) is 3.19. The summed E-state index contributed by atoms with van der Waals surface area (Å²) < 4.78 is 0. The van der Waals surface area contributed by atoms with E-state index in [9.17, 15) is 19.5 Å². The minimum absolute atomic E-state index is 0.302. The van der Waals surface area contributed by atoms with Gasteiger partial charge in [0, 0.05) is 13.5 Å². The van der Waals surface area contributed by atoms with Crippen LogP contribution in [-0.2, 0) is 25.6 Å². The molecule has 0 radical (unpaired) electrons. The number of nitrogens with zero attached hydrogens (tertiary/aromatic N) is 1. The normalized spacial score (nSPS) is 20.8. The summed E-state index contributed by atoms with van der Waals surface area (Å²) in [6, 6.07) is 8.59. The van der Waals surface area contributed by atoms with E-state index in [2.05, 4.69) is 5.48 Å². The van der Waals surface area contributed by atoms with Crippen molar-refractivity contribution in [1.29, 1.82) is 0 Å². The van der Waals surface area contributed by atoms with Crippen LogP contribution in [0.15, 0.2) is 30.3 Å². The summed E-state index contributed by atoms with van der Waals surface area (Å²) in [6.45, 7) is 0. The largest absolute Gasteiger partial charge is 0.481 e. The van der Waals surface area contributed by atoms with Crippen LogP contribution in [-0.4, -0.2) is 48.0 Å². The smallest absolute Gasteiger partial charge is 0.307 e. The Hall–Kier alpha value is -2.41. The fraction of sp³-hybridized carbons (Fsp3) is 0.526. The number of carboxylic acid groups (broad SMARTS) is 1. The lowest BCUT2D eigenvalue weighted by atomic mass is 9.78. The molecule has 1 aromatic carbocycles. The summed E-state index contributed by atoms with van der Waals surface area (Å²) in [4.78, 5) is 43.1. The van der Waals surface area contributed by atoms with Crippen molar-refractivity contribution >= 4 is 17.8 Å². The fourth-order valence-corrected chi connectivity index (χ4v) is 3.55. The van der Waals surface area contributed by atoms with E-state index in [1.54, 1.807) is 7.05 Å². The molecule has 0 bridgehead atoms. The third-order valence-corrected chi connectivity index (χ3v) is 4.99. The summed E-state index contributed by atoms with van der Waals surface area (Å²) in [5, 5.41) is 9.44. The Kier molecular flexibility index (Phi) is 7.15. The number of likely N-dealkylation sites (N-methyl/N-ethyl adjacent to an activating group) is 1. The molecule has 1 aliphatic carbocycles. The summed E-state index contributed by atoms with van der Waals surface area (Å²) in [7, 11) is 2.89. The molecular weight excluding hydrogens is 336 g/mol. The van der Waals surface area contributed by atoms with Gasteiger partial charge in [-0.2, -0.15) is 0 Å². The van der Waals surface area contributed by atoms with Crippen molar-refractivity contribution in [2.24, 2.45) is 11.8 Å². The van der Waals surface area contributed by atoms with Gasteiger partial charge in [0.2, 0.25) is 5.91 Å². The van der Waals surface area contributed by atoms with Crippen LogP contribution < -0.4 is 5.48 Å². The summed E-state index contributed by atoms with van der Waals surface area (Å²) in [5.74, 6) is -2.97. The lowest BCUT2D eigenvalue weighted by Gasteiger charge is -2.34. The minimum Gasteiger partial charge on any atom is -0.481 e. The molecule has 0 spiro atoms. The highest BCUT2D eigenvalue weighted by Crippen LogP contribution is 2.32. The molecule has 1 aromatic rings. The van der Waals surface area contributed by atoms with E-state index in [1.807, 2.05) is 30.3 Å². The van der Waals surface area contributed by atoms with E-state index in [0.29, 0.717) is 19.3 Å². The van der Waals surface area contributed by atoms with Gasteiger partial charge in [-0.25, -0.2) is 5.48 Å². The molecule has 7 nitrogen and oxygen atoms in total. The molecule has 142 valence electrons. The monoisotopic (exact) mass is 362 g/mol. The Bertz CT molecular complexity index is 634. The van der Waals surface area contributed by atoms with E-state index in [4.69, 9.17) is 4.84 Å². The van der Waals surface area contributed by atoms with Crippen LogP contribution in [0.2, 0.25) is 0 Å². The second kappa shape index (κ2) is 9.33. The molecule has 1 unspecified atom stereocenters. The molecule has 3 atom stereocenters.